The summed E-state index contributed by atoms with van der Waals surface area (Å²) in [5.74, 6) is -0.379. The fourth-order valence-corrected chi connectivity index (χ4v) is 1.21. The van der Waals surface area contributed by atoms with Crippen molar-refractivity contribution in [3.63, 3.8) is 0 Å². The molecule has 0 spiro atoms. The second-order valence-corrected chi connectivity index (χ2v) is 3.06. The van der Waals surface area contributed by atoms with Crippen molar-refractivity contribution >= 4 is 18.3 Å². The predicted octanol–water partition coefficient (Wildman–Crippen LogP) is 1.99. The van der Waals surface area contributed by atoms with Crippen LogP contribution < -0.4 is 0 Å². The van der Waals surface area contributed by atoms with E-state index in [-0.39, 0.29) is 5.97 Å². The van der Waals surface area contributed by atoms with E-state index in [1.807, 2.05) is 13.0 Å². The minimum atomic E-state index is -0.379. The lowest BCUT2D eigenvalue weighted by Crippen LogP contribution is -2.01. The molecule has 0 atom stereocenters. The zero-order chi connectivity index (χ0) is 11.3. The number of hydrogen-bond donors (Lipinski definition) is 0. The van der Waals surface area contributed by atoms with Gasteiger partial charge in [-0.2, -0.15) is 0 Å². The fourth-order valence-electron chi connectivity index (χ4n) is 1.21. The predicted molar refractivity (Wildman–Crippen MR) is 57.6 cm³/mol. The zero-order valence-corrected chi connectivity index (χ0v) is 8.69. The summed E-state index contributed by atoms with van der Waals surface area (Å²) in [4.78, 5) is 21.4. The molecule has 0 heterocycles. The molecule has 1 aromatic carbocycles. The molecule has 0 fully saturated rings. The highest BCUT2D eigenvalue weighted by atomic mass is 16.5. The first kappa shape index (κ1) is 11.2. The van der Waals surface area contributed by atoms with E-state index in [0.29, 0.717) is 11.8 Å². The van der Waals surface area contributed by atoms with Crippen LogP contribution in [0.3, 0.4) is 0 Å². The van der Waals surface area contributed by atoms with Crippen molar-refractivity contribution in [1.82, 2.24) is 0 Å². The Labute approximate surface area is 88.4 Å². The third-order valence-corrected chi connectivity index (χ3v) is 2.05. The van der Waals surface area contributed by atoms with Gasteiger partial charge in [0.2, 0.25) is 0 Å². The van der Waals surface area contributed by atoms with E-state index in [0.717, 1.165) is 11.1 Å². The molecule has 0 radical (unpaired) electrons. The molecule has 0 aliphatic carbocycles. The van der Waals surface area contributed by atoms with E-state index in [4.69, 9.17) is 0 Å². The van der Waals surface area contributed by atoms with Gasteiger partial charge in [-0.1, -0.05) is 12.1 Å². The first-order valence-corrected chi connectivity index (χ1v) is 4.50. The van der Waals surface area contributed by atoms with Gasteiger partial charge in [0.1, 0.15) is 6.29 Å². The normalized spacial score (nSPS) is 10.3. The largest absolute Gasteiger partial charge is 0.465 e. The molecule has 0 aromatic heterocycles. The number of allylic oxidation sites excluding steroid dienone is 1. The van der Waals surface area contributed by atoms with Gasteiger partial charge >= 0.3 is 5.97 Å². The second-order valence-electron chi connectivity index (χ2n) is 3.06. The molecular formula is C12H12O3. The first-order chi connectivity index (χ1) is 7.19. The average molecular weight is 204 g/mol. The van der Waals surface area contributed by atoms with E-state index in [9.17, 15) is 9.59 Å². The van der Waals surface area contributed by atoms with Crippen LogP contribution in [-0.4, -0.2) is 19.4 Å². The van der Waals surface area contributed by atoms with Crippen LogP contribution in [0.25, 0.3) is 6.08 Å². The van der Waals surface area contributed by atoms with Gasteiger partial charge in [-0.3, -0.25) is 4.79 Å². The van der Waals surface area contributed by atoms with Crippen molar-refractivity contribution in [2.75, 3.05) is 7.11 Å². The van der Waals surface area contributed by atoms with E-state index >= 15 is 0 Å². The Morgan fingerprint density at radius 1 is 1.40 bits per heavy atom. The number of carbonyl (C=O) groups excluding carboxylic acids is 2. The lowest BCUT2D eigenvalue weighted by atomic mass is 10.0. The van der Waals surface area contributed by atoms with Crippen LogP contribution in [0.4, 0.5) is 0 Å². The third-order valence-electron chi connectivity index (χ3n) is 2.05. The summed E-state index contributed by atoms with van der Waals surface area (Å²) in [5.41, 5.74) is 2.32. The number of carbonyl (C=O) groups is 2. The number of benzene rings is 1. The number of aryl methyl sites for hydroxylation is 1. The second kappa shape index (κ2) is 5.10. The van der Waals surface area contributed by atoms with E-state index in [1.165, 1.54) is 13.2 Å². The Morgan fingerprint density at radius 2 is 2.13 bits per heavy atom. The van der Waals surface area contributed by atoms with Crippen LogP contribution in [0.2, 0.25) is 0 Å². The molecule has 0 amide bonds. The van der Waals surface area contributed by atoms with Gasteiger partial charge < -0.3 is 4.74 Å². The number of hydrogen-bond acceptors (Lipinski definition) is 3. The summed E-state index contributed by atoms with van der Waals surface area (Å²) < 4.78 is 4.60. The van der Waals surface area contributed by atoms with Crippen molar-refractivity contribution < 1.29 is 14.3 Å². The molecule has 0 unspecified atom stereocenters. The number of rotatable bonds is 3. The molecular weight excluding hydrogens is 192 g/mol. The number of aldehydes is 1. The molecule has 0 saturated heterocycles. The van der Waals surface area contributed by atoms with Crippen molar-refractivity contribution in [3.05, 3.63) is 41.0 Å². The van der Waals surface area contributed by atoms with Gasteiger partial charge in [-0.05, 0) is 36.3 Å². The molecule has 0 N–H and O–H groups in total. The van der Waals surface area contributed by atoms with Crippen LogP contribution in [0.1, 0.15) is 21.5 Å². The van der Waals surface area contributed by atoms with E-state index in [1.54, 1.807) is 18.2 Å². The van der Waals surface area contributed by atoms with Gasteiger partial charge in [0.15, 0.2) is 0 Å². The Hall–Kier alpha value is -1.90. The first-order valence-electron chi connectivity index (χ1n) is 4.50. The Balaban J connectivity index is 3.10. The maximum Gasteiger partial charge on any atom is 0.337 e. The number of methoxy groups -OCH3 is 1. The van der Waals surface area contributed by atoms with Crippen molar-refractivity contribution in [1.29, 1.82) is 0 Å². The van der Waals surface area contributed by atoms with E-state index < -0.39 is 0 Å². The molecule has 15 heavy (non-hydrogen) atoms. The monoisotopic (exact) mass is 204 g/mol. The summed E-state index contributed by atoms with van der Waals surface area (Å²) in [5, 5.41) is 0. The molecule has 1 rings (SSSR count). The Kier molecular flexibility index (Phi) is 3.80. The maximum atomic E-state index is 11.2. The van der Waals surface area contributed by atoms with Crippen molar-refractivity contribution in [2.24, 2.45) is 0 Å². The van der Waals surface area contributed by atoms with Crippen molar-refractivity contribution in [2.45, 2.75) is 6.92 Å². The zero-order valence-electron chi connectivity index (χ0n) is 8.69. The maximum absolute atomic E-state index is 11.2. The number of ether oxygens (including phenoxy) is 1. The van der Waals surface area contributed by atoms with E-state index in [2.05, 4.69) is 4.74 Å². The summed E-state index contributed by atoms with van der Waals surface area (Å²) in [7, 11) is 1.34. The lowest BCUT2D eigenvalue weighted by Gasteiger charge is -2.03. The molecule has 0 aliphatic rings. The molecule has 0 saturated carbocycles. The summed E-state index contributed by atoms with van der Waals surface area (Å²) in [6.45, 7) is 1.91. The molecule has 78 valence electrons. The van der Waals surface area contributed by atoms with Crippen LogP contribution in [0, 0.1) is 6.92 Å². The van der Waals surface area contributed by atoms with Crippen LogP contribution >= 0.6 is 0 Å². The summed E-state index contributed by atoms with van der Waals surface area (Å²) in [6, 6.07) is 5.21. The third kappa shape index (κ3) is 2.77. The molecule has 3 nitrogen and oxygen atoms in total. The standard InChI is InChI=1S/C12H12O3/c1-9-5-6-11(12(14)15-2)8-10(9)4-3-7-13/h3-8H,1-2H3. The SMILES string of the molecule is COC(=O)c1ccc(C)c(C=CC=O)c1. The van der Waals surface area contributed by atoms with Crippen LogP contribution in [-0.2, 0) is 9.53 Å². The Bertz CT molecular complexity index is 405. The number of esters is 1. The minimum Gasteiger partial charge on any atom is -0.465 e. The molecule has 0 bridgehead atoms. The van der Waals surface area contributed by atoms with Crippen LogP contribution in [0.15, 0.2) is 24.3 Å². The minimum absolute atomic E-state index is 0.379. The van der Waals surface area contributed by atoms with Crippen molar-refractivity contribution in [3.8, 4) is 0 Å². The molecule has 0 aliphatic heterocycles. The molecule has 3 heteroatoms. The lowest BCUT2D eigenvalue weighted by molar-refractivity contribution is -0.104. The van der Waals surface area contributed by atoms with Crippen LogP contribution in [0.5, 0.6) is 0 Å². The van der Waals surface area contributed by atoms with Gasteiger partial charge in [0, 0.05) is 0 Å². The highest BCUT2D eigenvalue weighted by Gasteiger charge is 2.05. The van der Waals surface area contributed by atoms with Gasteiger partial charge in [0.25, 0.3) is 0 Å². The fraction of sp³-hybridized carbons (Fsp3) is 0.167. The van der Waals surface area contributed by atoms with Gasteiger partial charge in [-0.25, -0.2) is 4.79 Å². The molecule has 1 aromatic rings. The topological polar surface area (TPSA) is 43.4 Å². The summed E-state index contributed by atoms with van der Waals surface area (Å²) >= 11 is 0. The quantitative estimate of drug-likeness (QED) is 0.429. The van der Waals surface area contributed by atoms with Gasteiger partial charge in [0.05, 0.1) is 12.7 Å². The van der Waals surface area contributed by atoms with Gasteiger partial charge in [-0.15, -0.1) is 0 Å². The highest BCUT2D eigenvalue weighted by molar-refractivity contribution is 5.90. The summed E-state index contributed by atoms with van der Waals surface area (Å²) in [6.07, 6.45) is 3.75. The average Bonchev–Trinajstić information content (AvgIpc) is 2.27. The smallest absolute Gasteiger partial charge is 0.337 e. The highest BCUT2D eigenvalue weighted by Crippen LogP contribution is 2.13. The Morgan fingerprint density at radius 3 is 2.73 bits per heavy atom.